The van der Waals surface area contributed by atoms with E-state index in [0.717, 1.165) is 6.07 Å². The summed E-state index contributed by atoms with van der Waals surface area (Å²) < 4.78 is 33.2. The lowest BCUT2D eigenvalue weighted by Crippen LogP contribution is -2.61. The number of methoxy groups -OCH3 is 1. The maximum Gasteiger partial charge on any atom is 0.229 e. The summed E-state index contributed by atoms with van der Waals surface area (Å²) in [5.41, 5.74) is 0.0115. The second-order valence-corrected chi connectivity index (χ2v) is 10.2. The molecule has 0 unspecified atom stereocenters. The molecule has 5 rings (SSSR count). The molecule has 14 nitrogen and oxygen atoms in total. The molecular formula is C28H32O14. The van der Waals surface area contributed by atoms with Crippen molar-refractivity contribution in [2.45, 2.75) is 68.3 Å². The highest BCUT2D eigenvalue weighted by molar-refractivity contribution is 5.86. The minimum Gasteiger partial charge on any atom is -0.507 e. The molecule has 10 atom stereocenters. The van der Waals surface area contributed by atoms with Gasteiger partial charge in [0.2, 0.25) is 6.29 Å². The maximum atomic E-state index is 12.8. The van der Waals surface area contributed by atoms with Crippen molar-refractivity contribution in [3.05, 3.63) is 52.7 Å². The zero-order valence-corrected chi connectivity index (χ0v) is 22.5. The van der Waals surface area contributed by atoms with Crippen LogP contribution in [0.2, 0.25) is 0 Å². The molecule has 2 fully saturated rings. The number of phenols is 1. The molecule has 0 saturated carbocycles. The molecule has 0 spiro atoms. The number of aromatic hydroxyl groups is 1. The van der Waals surface area contributed by atoms with Crippen LogP contribution < -0.4 is 14.9 Å². The Morgan fingerprint density at radius 1 is 0.786 bits per heavy atom. The number of phenolic OH excluding ortho intramolecular Hbond substituents is 1. The molecule has 0 radical (unpaired) electrons. The number of aliphatic hydroxyl groups excluding tert-OH is 6. The third-order valence-electron chi connectivity index (χ3n) is 7.31. The maximum absolute atomic E-state index is 12.8. The summed E-state index contributed by atoms with van der Waals surface area (Å²) in [6.07, 6.45) is -14.8. The first-order valence-electron chi connectivity index (χ1n) is 13.1. The lowest BCUT2D eigenvalue weighted by Gasteiger charge is -2.42. The summed E-state index contributed by atoms with van der Waals surface area (Å²) in [5, 5.41) is 71.9. The average molecular weight is 593 g/mol. The minimum absolute atomic E-state index is 0.0348. The number of rotatable bonds is 7. The van der Waals surface area contributed by atoms with E-state index in [4.69, 9.17) is 28.1 Å². The number of hydrogen-bond acceptors (Lipinski definition) is 14. The molecule has 228 valence electrons. The number of hydrogen-bond donors (Lipinski definition) is 7. The van der Waals surface area contributed by atoms with E-state index in [1.807, 2.05) is 0 Å². The molecule has 2 saturated heterocycles. The molecule has 14 heteroatoms. The molecule has 0 aliphatic carbocycles. The van der Waals surface area contributed by atoms with Crippen LogP contribution in [0, 0.1) is 0 Å². The third-order valence-corrected chi connectivity index (χ3v) is 7.31. The predicted octanol–water partition coefficient (Wildman–Crippen LogP) is -0.795. The first-order chi connectivity index (χ1) is 20.0. The third kappa shape index (κ3) is 5.81. The van der Waals surface area contributed by atoms with E-state index in [0.29, 0.717) is 11.3 Å². The summed E-state index contributed by atoms with van der Waals surface area (Å²) in [6, 6.07) is 10.4. The molecule has 3 aromatic rings. The predicted molar refractivity (Wildman–Crippen MR) is 142 cm³/mol. The Balaban J connectivity index is 1.35. The van der Waals surface area contributed by atoms with E-state index in [2.05, 4.69) is 0 Å². The van der Waals surface area contributed by atoms with Gasteiger partial charge in [0.1, 0.15) is 76.7 Å². The number of fused-ring (bicyclic) bond motifs is 1. The van der Waals surface area contributed by atoms with Gasteiger partial charge in [-0.3, -0.25) is 4.79 Å². The fourth-order valence-corrected chi connectivity index (χ4v) is 4.84. The average Bonchev–Trinajstić information content (AvgIpc) is 2.97. The van der Waals surface area contributed by atoms with Crippen LogP contribution in [0.5, 0.6) is 17.2 Å². The highest BCUT2D eigenvalue weighted by Crippen LogP contribution is 2.34. The Labute approximate surface area is 238 Å². The van der Waals surface area contributed by atoms with Crippen LogP contribution in [0.1, 0.15) is 6.92 Å². The lowest BCUT2D eigenvalue weighted by atomic mass is 9.98. The van der Waals surface area contributed by atoms with Crippen molar-refractivity contribution in [2.75, 3.05) is 13.7 Å². The summed E-state index contributed by atoms with van der Waals surface area (Å²) in [4.78, 5) is 12.8. The van der Waals surface area contributed by atoms with Crippen molar-refractivity contribution in [3.63, 3.8) is 0 Å². The van der Waals surface area contributed by atoms with Gasteiger partial charge in [-0.2, -0.15) is 0 Å². The largest absolute Gasteiger partial charge is 0.507 e. The highest BCUT2D eigenvalue weighted by Gasteiger charge is 2.47. The molecule has 1 aromatic heterocycles. The van der Waals surface area contributed by atoms with E-state index in [-0.39, 0.29) is 22.5 Å². The second-order valence-electron chi connectivity index (χ2n) is 10.2. The van der Waals surface area contributed by atoms with Crippen LogP contribution in [-0.4, -0.2) is 111 Å². The quantitative estimate of drug-likeness (QED) is 0.179. The Morgan fingerprint density at radius 2 is 1.45 bits per heavy atom. The van der Waals surface area contributed by atoms with Crippen LogP contribution in [0.3, 0.4) is 0 Å². The number of ether oxygens (including phenoxy) is 5. The number of aliphatic hydroxyl groups is 6. The Bertz CT molecular complexity index is 1440. The van der Waals surface area contributed by atoms with E-state index < -0.39 is 79.2 Å². The molecule has 0 amide bonds. The van der Waals surface area contributed by atoms with E-state index in [1.54, 1.807) is 24.3 Å². The van der Waals surface area contributed by atoms with Gasteiger partial charge in [0.05, 0.1) is 19.8 Å². The molecule has 2 aliphatic rings. The fraction of sp³-hybridized carbons (Fsp3) is 0.464. The van der Waals surface area contributed by atoms with Crippen LogP contribution in [0.25, 0.3) is 22.3 Å². The molecule has 2 aliphatic heterocycles. The summed E-state index contributed by atoms with van der Waals surface area (Å²) in [7, 11) is 1.52. The lowest BCUT2D eigenvalue weighted by molar-refractivity contribution is -0.318. The molecule has 7 N–H and O–H groups in total. The van der Waals surface area contributed by atoms with Gasteiger partial charge >= 0.3 is 0 Å². The van der Waals surface area contributed by atoms with Gasteiger partial charge in [-0.05, 0) is 31.2 Å². The zero-order valence-electron chi connectivity index (χ0n) is 22.5. The van der Waals surface area contributed by atoms with E-state index in [9.17, 15) is 40.5 Å². The first kappa shape index (κ1) is 30.2. The molecule has 0 bridgehead atoms. The Kier molecular flexibility index (Phi) is 8.71. The van der Waals surface area contributed by atoms with Crippen molar-refractivity contribution in [2.24, 2.45) is 0 Å². The van der Waals surface area contributed by atoms with Crippen molar-refractivity contribution in [3.8, 4) is 28.6 Å². The standard InChI is InChI=1S/C28H32O14/c1-11-21(31)23(33)25(35)27(39-11)38-10-19-22(32)24(34)26(36)28(42-19)40-14-7-15(29)20-16(30)9-17(41-18(20)8-14)12-3-5-13(37-2)6-4-12/h3-9,11,19,21-29,31-36H,10H2,1-2H3/t11-,19-,21-,22-,23+,24+,25+,26-,27+,28-/m1/s1. The summed E-state index contributed by atoms with van der Waals surface area (Å²) >= 11 is 0. The SMILES string of the molecule is COc1ccc(-c2cc(=O)c3c(O)cc(O[C@@H]4O[C@H](CO[C@H]5O[C@H](C)[C@@H](O)[C@H](O)[C@@H]5O)[C@@H](O)[C@H](O)[C@H]4O)cc3o2)cc1. The highest BCUT2D eigenvalue weighted by atomic mass is 16.7. The van der Waals surface area contributed by atoms with Crippen LogP contribution in [0.4, 0.5) is 0 Å². The minimum atomic E-state index is -1.76. The molecule has 2 aromatic carbocycles. The Hall–Kier alpha value is -3.31. The van der Waals surface area contributed by atoms with Crippen molar-refractivity contribution in [1.82, 2.24) is 0 Å². The van der Waals surface area contributed by atoms with Crippen molar-refractivity contribution < 1.29 is 63.8 Å². The summed E-state index contributed by atoms with van der Waals surface area (Å²) in [6.45, 7) is 0.984. The van der Waals surface area contributed by atoms with Gasteiger partial charge in [0.25, 0.3) is 0 Å². The fourth-order valence-electron chi connectivity index (χ4n) is 4.84. The first-order valence-corrected chi connectivity index (χ1v) is 13.1. The van der Waals surface area contributed by atoms with E-state index >= 15 is 0 Å². The monoisotopic (exact) mass is 592 g/mol. The number of benzene rings is 2. The van der Waals surface area contributed by atoms with Gasteiger partial charge in [-0.1, -0.05) is 0 Å². The Morgan fingerprint density at radius 3 is 2.14 bits per heavy atom. The van der Waals surface area contributed by atoms with Gasteiger partial charge in [-0.15, -0.1) is 0 Å². The normalized spacial score (nSPS) is 33.4. The van der Waals surface area contributed by atoms with Crippen molar-refractivity contribution in [1.29, 1.82) is 0 Å². The zero-order chi connectivity index (χ0) is 30.3. The van der Waals surface area contributed by atoms with Crippen LogP contribution >= 0.6 is 0 Å². The smallest absolute Gasteiger partial charge is 0.229 e. The van der Waals surface area contributed by atoms with Gasteiger partial charge in [-0.25, -0.2) is 0 Å². The second kappa shape index (κ2) is 12.1. The molecule has 3 heterocycles. The van der Waals surface area contributed by atoms with E-state index in [1.165, 1.54) is 26.2 Å². The molecule has 42 heavy (non-hydrogen) atoms. The van der Waals surface area contributed by atoms with Crippen LogP contribution in [0.15, 0.2) is 51.7 Å². The van der Waals surface area contributed by atoms with Crippen LogP contribution in [-0.2, 0) is 14.2 Å². The van der Waals surface area contributed by atoms with Gasteiger partial charge in [0, 0.05) is 23.8 Å². The topological polar surface area (TPSA) is 218 Å². The molecular weight excluding hydrogens is 560 g/mol. The summed E-state index contributed by atoms with van der Waals surface area (Å²) in [5.74, 6) is 0.238. The van der Waals surface area contributed by atoms with Gasteiger partial charge in [0.15, 0.2) is 11.7 Å². The van der Waals surface area contributed by atoms with Crippen molar-refractivity contribution >= 4 is 11.0 Å². The van der Waals surface area contributed by atoms with Gasteiger partial charge < -0.3 is 63.8 Å².